The Morgan fingerprint density at radius 3 is 2.97 bits per heavy atom. The highest BCUT2D eigenvalue weighted by Crippen LogP contribution is 2.28. The van der Waals surface area contributed by atoms with Gasteiger partial charge in [-0.3, -0.25) is 4.98 Å². The number of aromatic nitrogens is 6. The number of anilines is 1. The monoisotopic (exact) mass is 391 g/mol. The fourth-order valence-corrected chi connectivity index (χ4v) is 3.95. The molecule has 0 aromatic carbocycles. The van der Waals surface area contributed by atoms with Crippen molar-refractivity contribution in [3.8, 4) is 11.3 Å². The van der Waals surface area contributed by atoms with E-state index in [0.29, 0.717) is 23.1 Å². The van der Waals surface area contributed by atoms with Crippen LogP contribution in [0.3, 0.4) is 0 Å². The van der Waals surface area contributed by atoms with Crippen LogP contribution in [0, 0.1) is 5.82 Å². The zero-order valence-corrected chi connectivity index (χ0v) is 16.4. The lowest BCUT2D eigenvalue weighted by Gasteiger charge is -2.23. The summed E-state index contributed by atoms with van der Waals surface area (Å²) in [7, 11) is 0. The van der Waals surface area contributed by atoms with Crippen molar-refractivity contribution in [2.24, 2.45) is 0 Å². The van der Waals surface area contributed by atoms with Crippen molar-refractivity contribution in [1.29, 1.82) is 0 Å². The first-order valence-electron chi connectivity index (χ1n) is 9.85. The molecule has 0 saturated heterocycles. The van der Waals surface area contributed by atoms with Gasteiger partial charge in [0.2, 0.25) is 5.95 Å². The summed E-state index contributed by atoms with van der Waals surface area (Å²) in [5.74, 6) is 0.579. The van der Waals surface area contributed by atoms with Gasteiger partial charge in [-0.25, -0.2) is 18.9 Å². The average Bonchev–Trinajstić information content (AvgIpc) is 3.34. The van der Waals surface area contributed by atoms with Crippen molar-refractivity contribution in [2.45, 2.75) is 45.1 Å². The first-order valence-corrected chi connectivity index (χ1v) is 9.85. The molecular formula is C21H22FN7. The molecule has 1 aliphatic carbocycles. The maximum Gasteiger partial charge on any atom is 0.225 e. The minimum absolute atomic E-state index is 0.203. The Balaban J connectivity index is 1.58. The Bertz CT molecular complexity index is 1180. The maximum absolute atomic E-state index is 13.8. The number of pyridine rings is 1. The molecule has 0 fully saturated rings. The Labute approximate surface area is 167 Å². The molecule has 7 nitrogen and oxygen atoms in total. The summed E-state index contributed by atoms with van der Waals surface area (Å²) in [4.78, 5) is 16.4. The van der Waals surface area contributed by atoms with E-state index in [2.05, 4.69) is 39.2 Å². The molecule has 4 heterocycles. The predicted molar refractivity (Wildman–Crippen MR) is 108 cm³/mol. The predicted octanol–water partition coefficient (Wildman–Crippen LogP) is 3.75. The van der Waals surface area contributed by atoms with E-state index >= 15 is 0 Å². The lowest BCUT2D eigenvalue weighted by Crippen LogP contribution is -2.29. The molecule has 0 spiro atoms. The summed E-state index contributed by atoms with van der Waals surface area (Å²) in [6, 6.07) is 3.61. The van der Waals surface area contributed by atoms with E-state index in [4.69, 9.17) is 4.98 Å². The highest BCUT2D eigenvalue weighted by atomic mass is 19.1. The second-order valence-electron chi connectivity index (χ2n) is 7.82. The minimum atomic E-state index is -0.380. The summed E-state index contributed by atoms with van der Waals surface area (Å²) < 4.78 is 15.6. The molecule has 29 heavy (non-hydrogen) atoms. The third kappa shape index (κ3) is 3.24. The van der Waals surface area contributed by atoms with Crippen LogP contribution in [-0.2, 0) is 12.8 Å². The largest absolute Gasteiger partial charge is 0.351 e. The van der Waals surface area contributed by atoms with Gasteiger partial charge in [-0.2, -0.15) is 5.10 Å². The number of fused-ring (bicyclic) bond motifs is 2. The number of rotatable bonds is 4. The van der Waals surface area contributed by atoms with Gasteiger partial charge in [0, 0.05) is 35.5 Å². The third-order valence-corrected chi connectivity index (χ3v) is 5.48. The van der Waals surface area contributed by atoms with Crippen LogP contribution in [0.1, 0.15) is 43.1 Å². The molecule has 0 radical (unpaired) electrons. The van der Waals surface area contributed by atoms with Crippen molar-refractivity contribution in [3.63, 3.8) is 0 Å². The SMILES string of the molecule is CC(C)c1cnn2c(N[C@H]3CCc4[nH]cnc4C3)nc(-c3cncc(F)c3)cc12. The van der Waals surface area contributed by atoms with Crippen molar-refractivity contribution in [2.75, 3.05) is 5.32 Å². The smallest absolute Gasteiger partial charge is 0.225 e. The molecule has 1 atom stereocenters. The van der Waals surface area contributed by atoms with Crippen LogP contribution in [0.5, 0.6) is 0 Å². The fraction of sp³-hybridized carbons (Fsp3) is 0.333. The van der Waals surface area contributed by atoms with Gasteiger partial charge in [-0.1, -0.05) is 13.8 Å². The van der Waals surface area contributed by atoms with Crippen LogP contribution in [0.4, 0.5) is 10.3 Å². The van der Waals surface area contributed by atoms with Gasteiger partial charge in [-0.05, 0) is 30.9 Å². The first-order chi connectivity index (χ1) is 14.1. The van der Waals surface area contributed by atoms with E-state index in [-0.39, 0.29) is 11.9 Å². The summed E-state index contributed by atoms with van der Waals surface area (Å²) in [6.07, 6.45) is 9.21. The van der Waals surface area contributed by atoms with Crippen LogP contribution in [-0.4, -0.2) is 35.6 Å². The zero-order chi connectivity index (χ0) is 20.0. The topological polar surface area (TPSA) is 83.8 Å². The third-order valence-electron chi connectivity index (χ3n) is 5.48. The molecule has 0 aliphatic heterocycles. The number of nitrogens with zero attached hydrogens (tertiary/aromatic N) is 5. The van der Waals surface area contributed by atoms with Crippen molar-refractivity contribution in [3.05, 3.63) is 59.8 Å². The molecule has 148 valence electrons. The summed E-state index contributed by atoms with van der Waals surface area (Å²) in [6.45, 7) is 4.27. The average molecular weight is 391 g/mol. The van der Waals surface area contributed by atoms with Crippen molar-refractivity contribution in [1.82, 2.24) is 29.5 Å². The van der Waals surface area contributed by atoms with Gasteiger partial charge in [0.25, 0.3) is 0 Å². The Hall–Kier alpha value is -3.29. The second kappa shape index (κ2) is 6.95. The molecule has 0 unspecified atom stereocenters. The van der Waals surface area contributed by atoms with Gasteiger partial charge in [-0.15, -0.1) is 0 Å². The molecule has 1 aliphatic rings. The summed E-state index contributed by atoms with van der Waals surface area (Å²) in [5.41, 5.74) is 5.71. The molecule has 4 aromatic heterocycles. The van der Waals surface area contributed by atoms with E-state index in [0.717, 1.165) is 36.0 Å². The minimum Gasteiger partial charge on any atom is -0.351 e. The quantitative estimate of drug-likeness (QED) is 0.554. The van der Waals surface area contributed by atoms with E-state index in [1.165, 1.54) is 18.0 Å². The number of imidazole rings is 1. The van der Waals surface area contributed by atoms with E-state index in [1.54, 1.807) is 12.5 Å². The molecule has 4 aromatic rings. The molecule has 8 heteroatoms. The summed E-state index contributed by atoms with van der Waals surface area (Å²) >= 11 is 0. The van der Waals surface area contributed by atoms with Crippen molar-refractivity contribution < 1.29 is 4.39 Å². The Morgan fingerprint density at radius 2 is 2.14 bits per heavy atom. The fourth-order valence-electron chi connectivity index (χ4n) is 3.95. The van der Waals surface area contributed by atoms with Crippen molar-refractivity contribution >= 4 is 11.5 Å². The lowest BCUT2D eigenvalue weighted by atomic mass is 9.96. The molecule has 0 saturated carbocycles. The van der Waals surface area contributed by atoms with E-state index < -0.39 is 0 Å². The Kier molecular flexibility index (Phi) is 4.26. The molecule has 2 N–H and O–H groups in total. The number of aromatic amines is 1. The zero-order valence-electron chi connectivity index (χ0n) is 16.4. The standard InChI is InChI=1S/C21H22FN7/c1-12(2)16-10-26-29-20(16)7-18(13-5-14(22)9-23-8-13)28-21(29)27-15-3-4-17-19(6-15)25-11-24-17/h5,7-12,15H,3-4,6H2,1-2H3,(H,24,25)(H,27,28)/t15-/m0/s1. The second-order valence-corrected chi connectivity index (χ2v) is 7.82. The van der Waals surface area contributed by atoms with E-state index in [9.17, 15) is 4.39 Å². The van der Waals surface area contributed by atoms with Gasteiger partial charge in [0.15, 0.2) is 0 Å². The number of hydrogen-bond acceptors (Lipinski definition) is 5. The highest BCUT2D eigenvalue weighted by molar-refractivity contribution is 5.70. The number of nitrogens with one attached hydrogen (secondary N) is 2. The van der Waals surface area contributed by atoms with Gasteiger partial charge in [0.05, 0.1) is 35.6 Å². The molecular weight excluding hydrogens is 369 g/mol. The van der Waals surface area contributed by atoms with Crippen LogP contribution in [0.2, 0.25) is 0 Å². The highest BCUT2D eigenvalue weighted by Gasteiger charge is 2.23. The van der Waals surface area contributed by atoms with Crippen LogP contribution >= 0.6 is 0 Å². The van der Waals surface area contributed by atoms with Gasteiger partial charge >= 0.3 is 0 Å². The van der Waals surface area contributed by atoms with E-state index in [1.807, 2.05) is 16.8 Å². The van der Waals surface area contributed by atoms with Crippen LogP contribution < -0.4 is 5.32 Å². The van der Waals surface area contributed by atoms with Gasteiger partial charge < -0.3 is 10.3 Å². The molecule has 5 rings (SSSR count). The summed E-state index contributed by atoms with van der Waals surface area (Å²) in [5, 5.41) is 8.13. The lowest BCUT2D eigenvalue weighted by molar-refractivity contribution is 0.590. The van der Waals surface area contributed by atoms with Crippen LogP contribution in [0.25, 0.3) is 16.8 Å². The maximum atomic E-state index is 13.8. The first kappa shape index (κ1) is 17.8. The number of H-pyrrole nitrogens is 1. The number of hydrogen-bond donors (Lipinski definition) is 2. The van der Waals surface area contributed by atoms with Crippen LogP contribution in [0.15, 0.2) is 37.1 Å². The normalized spacial score (nSPS) is 16.3. The number of aryl methyl sites for hydroxylation is 1. The molecule has 0 bridgehead atoms. The Morgan fingerprint density at radius 1 is 1.24 bits per heavy atom. The van der Waals surface area contributed by atoms with Gasteiger partial charge in [0.1, 0.15) is 5.82 Å². The molecule has 0 amide bonds. The number of halogens is 1.